The summed E-state index contributed by atoms with van der Waals surface area (Å²) in [5, 5.41) is 9.32. The highest BCUT2D eigenvalue weighted by atomic mass is 32.2. The van der Waals surface area contributed by atoms with Crippen molar-refractivity contribution < 1.29 is 9.59 Å². The highest BCUT2D eigenvalue weighted by Gasteiger charge is 2.32. The van der Waals surface area contributed by atoms with Gasteiger partial charge in [0.05, 0.1) is 11.4 Å². The first-order valence-corrected chi connectivity index (χ1v) is 13.0. The van der Waals surface area contributed by atoms with Crippen LogP contribution in [0.4, 0.5) is 0 Å². The lowest BCUT2D eigenvalue weighted by Crippen LogP contribution is -2.47. The van der Waals surface area contributed by atoms with Crippen LogP contribution in [0.2, 0.25) is 0 Å². The Morgan fingerprint density at radius 2 is 1.79 bits per heavy atom. The molecule has 3 heterocycles. The summed E-state index contributed by atoms with van der Waals surface area (Å²) in [7, 11) is 0. The lowest BCUT2D eigenvalue weighted by atomic mass is 9.93. The van der Waals surface area contributed by atoms with Crippen molar-refractivity contribution >= 4 is 23.6 Å². The van der Waals surface area contributed by atoms with Gasteiger partial charge in [0.25, 0.3) is 0 Å². The molecule has 2 aromatic rings. The van der Waals surface area contributed by atoms with Gasteiger partial charge in [-0.05, 0) is 69.6 Å². The van der Waals surface area contributed by atoms with Crippen molar-refractivity contribution in [1.82, 2.24) is 24.6 Å². The number of hydrogen-bond donors (Lipinski definition) is 0. The van der Waals surface area contributed by atoms with Gasteiger partial charge >= 0.3 is 0 Å². The second kappa shape index (κ2) is 10.3. The number of carbonyl (C=O) groups excluding carboxylic acids is 2. The molecule has 178 valence electrons. The monoisotopic (exact) mass is 469 g/mol. The van der Waals surface area contributed by atoms with Crippen LogP contribution in [0, 0.1) is 32.6 Å². The summed E-state index contributed by atoms with van der Waals surface area (Å²) in [5.41, 5.74) is 3.37. The number of aromatic nitrogens is 3. The molecule has 2 saturated heterocycles. The predicted molar refractivity (Wildman–Crippen MR) is 131 cm³/mol. The van der Waals surface area contributed by atoms with Gasteiger partial charge in [0.15, 0.2) is 5.16 Å². The minimum Gasteiger partial charge on any atom is -0.342 e. The molecular formula is C25H35N5O2S. The van der Waals surface area contributed by atoms with Crippen LogP contribution in [0.5, 0.6) is 0 Å². The van der Waals surface area contributed by atoms with Crippen molar-refractivity contribution in [3.63, 3.8) is 0 Å². The normalized spacial score (nSPS) is 19.7. The van der Waals surface area contributed by atoms with E-state index < -0.39 is 0 Å². The van der Waals surface area contributed by atoms with E-state index in [-0.39, 0.29) is 11.8 Å². The molecule has 1 aromatic heterocycles. The maximum absolute atomic E-state index is 12.9. The summed E-state index contributed by atoms with van der Waals surface area (Å²) in [5.74, 6) is 2.18. The summed E-state index contributed by atoms with van der Waals surface area (Å²) in [6.07, 6.45) is 3.84. The highest BCUT2D eigenvalue weighted by molar-refractivity contribution is 7.99. The first-order valence-electron chi connectivity index (χ1n) is 12.0. The van der Waals surface area contributed by atoms with Crippen LogP contribution in [0.3, 0.4) is 0 Å². The molecule has 1 unspecified atom stereocenters. The molecule has 1 aromatic carbocycles. The number of hydrogen-bond acceptors (Lipinski definition) is 5. The van der Waals surface area contributed by atoms with Crippen LogP contribution in [-0.2, 0) is 9.59 Å². The summed E-state index contributed by atoms with van der Waals surface area (Å²) in [6, 6.07) is 6.32. The second-order valence-electron chi connectivity index (χ2n) is 9.63. The number of amides is 2. The molecule has 2 aliphatic heterocycles. The zero-order chi connectivity index (χ0) is 23.5. The van der Waals surface area contributed by atoms with Gasteiger partial charge < -0.3 is 9.80 Å². The van der Waals surface area contributed by atoms with Crippen molar-refractivity contribution in [3.8, 4) is 5.69 Å². The number of carbonyl (C=O) groups is 2. The Balaban J connectivity index is 1.33. The van der Waals surface area contributed by atoms with Gasteiger partial charge in [-0.2, -0.15) is 0 Å². The molecule has 2 amide bonds. The zero-order valence-electron chi connectivity index (χ0n) is 20.2. The number of piperidine rings is 2. The van der Waals surface area contributed by atoms with E-state index in [4.69, 9.17) is 0 Å². The molecule has 8 heteroatoms. The molecule has 33 heavy (non-hydrogen) atoms. The van der Waals surface area contributed by atoms with Crippen LogP contribution >= 0.6 is 11.8 Å². The average molecular weight is 470 g/mol. The summed E-state index contributed by atoms with van der Waals surface area (Å²) in [4.78, 5) is 29.8. The number of aryl methyl sites for hydroxylation is 3. The maximum atomic E-state index is 12.9. The number of nitrogens with zero attached hydrogens (tertiary/aromatic N) is 5. The topological polar surface area (TPSA) is 71.3 Å². The fourth-order valence-electron chi connectivity index (χ4n) is 4.92. The van der Waals surface area contributed by atoms with E-state index in [0.29, 0.717) is 30.7 Å². The molecule has 0 radical (unpaired) electrons. The summed E-state index contributed by atoms with van der Waals surface area (Å²) in [6.45, 7) is 11.4. The molecule has 4 rings (SSSR count). The third-order valence-corrected chi connectivity index (χ3v) is 7.80. The predicted octanol–water partition coefficient (Wildman–Crippen LogP) is 3.78. The van der Waals surface area contributed by atoms with Gasteiger partial charge in [0.1, 0.15) is 5.82 Å². The maximum Gasteiger partial charge on any atom is 0.233 e. The number of likely N-dealkylation sites (tertiary alicyclic amines) is 2. The van der Waals surface area contributed by atoms with E-state index >= 15 is 0 Å². The van der Waals surface area contributed by atoms with Gasteiger partial charge in [-0.3, -0.25) is 14.2 Å². The minimum atomic E-state index is 0.0575. The minimum absolute atomic E-state index is 0.0575. The van der Waals surface area contributed by atoms with Crippen molar-refractivity contribution in [2.24, 2.45) is 11.8 Å². The van der Waals surface area contributed by atoms with Gasteiger partial charge in [-0.15, -0.1) is 10.2 Å². The van der Waals surface area contributed by atoms with Crippen molar-refractivity contribution in [1.29, 1.82) is 0 Å². The zero-order valence-corrected chi connectivity index (χ0v) is 21.0. The Kier molecular flexibility index (Phi) is 7.41. The van der Waals surface area contributed by atoms with Crippen LogP contribution < -0.4 is 0 Å². The first-order chi connectivity index (χ1) is 15.8. The Morgan fingerprint density at radius 1 is 1.03 bits per heavy atom. The first kappa shape index (κ1) is 23.8. The molecule has 0 saturated carbocycles. The molecule has 2 fully saturated rings. The van der Waals surface area contributed by atoms with E-state index in [0.717, 1.165) is 54.6 Å². The highest BCUT2D eigenvalue weighted by Crippen LogP contribution is 2.27. The quantitative estimate of drug-likeness (QED) is 0.623. The van der Waals surface area contributed by atoms with E-state index in [2.05, 4.69) is 54.1 Å². The summed E-state index contributed by atoms with van der Waals surface area (Å²) >= 11 is 1.43. The standard InChI is InChI=1S/C25H35N5O2S/c1-17-7-8-19(3)22(14-17)30-20(4)26-27-25(30)33-16-23(31)28-12-9-21(10-13-28)24(32)29-11-5-6-18(2)15-29/h7-8,14,18,21H,5-6,9-13,15-16H2,1-4H3. The number of benzene rings is 1. The Morgan fingerprint density at radius 3 is 2.52 bits per heavy atom. The van der Waals surface area contributed by atoms with Gasteiger partial charge in [0, 0.05) is 32.1 Å². The number of rotatable bonds is 5. The largest absolute Gasteiger partial charge is 0.342 e. The second-order valence-corrected chi connectivity index (χ2v) is 10.6. The molecular weight excluding hydrogens is 434 g/mol. The van der Waals surface area contributed by atoms with Crippen molar-refractivity contribution in [2.75, 3.05) is 31.9 Å². The van der Waals surface area contributed by atoms with Crippen molar-refractivity contribution in [3.05, 3.63) is 35.2 Å². The van der Waals surface area contributed by atoms with E-state index in [1.165, 1.54) is 23.7 Å². The molecule has 2 aliphatic rings. The third-order valence-electron chi connectivity index (χ3n) is 6.89. The molecule has 0 bridgehead atoms. The van der Waals surface area contributed by atoms with E-state index in [1.807, 2.05) is 16.4 Å². The van der Waals surface area contributed by atoms with Gasteiger partial charge in [-0.25, -0.2) is 0 Å². The molecule has 0 spiro atoms. The molecule has 0 N–H and O–H groups in total. The SMILES string of the molecule is Cc1ccc(C)c(-n2c(C)nnc2SCC(=O)N2CCC(C(=O)N3CCCC(C)C3)CC2)c1. The number of thioether (sulfide) groups is 1. The van der Waals surface area contributed by atoms with Crippen LogP contribution in [0.25, 0.3) is 5.69 Å². The van der Waals surface area contributed by atoms with Gasteiger partial charge in [-0.1, -0.05) is 30.8 Å². The van der Waals surface area contributed by atoms with E-state index in [9.17, 15) is 9.59 Å². The smallest absolute Gasteiger partial charge is 0.233 e. The van der Waals surface area contributed by atoms with Gasteiger partial charge in [0.2, 0.25) is 11.8 Å². The molecule has 1 atom stereocenters. The Hall–Kier alpha value is -2.35. The Labute approximate surface area is 200 Å². The van der Waals surface area contributed by atoms with Crippen LogP contribution in [0.15, 0.2) is 23.4 Å². The van der Waals surface area contributed by atoms with Crippen LogP contribution in [-0.4, -0.2) is 68.3 Å². The summed E-state index contributed by atoms with van der Waals surface area (Å²) < 4.78 is 2.03. The third kappa shape index (κ3) is 5.42. The Bertz CT molecular complexity index is 1010. The molecule has 0 aliphatic carbocycles. The van der Waals surface area contributed by atoms with Crippen molar-refractivity contribution in [2.45, 2.75) is 58.5 Å². The van der Waals surface area contributed by atoms with Crippen LogP contribution in [0.1, 0.15) is 49.6 Å². The fraction of sp³-hybridized carbons (Fsp3) is 0.600. The fourth-order valence-corrected chi connectivity index (χ4v) is 5.81. The lowest BCUT2D eigenvalue weighted by Gasteiger charge is -2.37. The molecule has 7 nitrogen and oxygen atoms in total. The lowest BCUT2D eigenvalue weighted by molar-refractivity contribution is -0.141. The average Bonchev–Trinajstić information content (AvgIpc) is 3.18. The van der Waals surface area contributed by atoms with E-state index in [1.54, 1.807) is 0 Å².